The average molecular weight is 375 g/mol. The molecule has 1 heterocycles. The highest BCUT2D eigenvalue weighted by Crippen LogP contribution is 2.22. The molecule has 0 radical (unpaired) electrons. The van der Waals surface area contributed by atoms with Gasteiger partial charge in [-0.2, -0.15) is 0 Å². The van der Waals surface area contributed by atoms with Crippen molar-refractivity contribution in [1.29, 1.82) is 0 Å². The van der Waals surface area contributed by atoms with E-state index in [9.17, 15) is 0 Å². The van der Waals surface area contributed by atoms with Gasteiger partial charge in [0, 0.05) is 41.6 Å². The van der Waals surface area contributed by atoms with E-state index in [-0.39, 0.29) is 12.4 Å². The number of para-hydroxylation sites is 1. The molecule has 0 fully saturated rings. The molecular formula is C20H20Cl2N2O. The van der Waals surface area contributed by atoms with Crippen LogP contribution in [0.25, 0.3) is 0 Å². The summed E-state index contributed by atoms with van der Waals surface area (Å²) in [5.41, 5.74) is 3.26. The quantitative estimate of drug-likeness (QED) is 0.629. The van der Waals surface area contributed by atoms with Crippen LogP contribution in [-0.2, 0) is 19.7 Å². The monoisotopic (exact) mass is 374 g/mol. The Morgan fingerprint density at radius 3 is 2.40 bits per heavy atom. The zero-order chi connectivity index (χ0) is 16.6. The van der Waals surface area contributed by atoms with E-state index in [1.165, 1.54) is 0 Å². The third-order valence-corrected chi connectivity index (χ3v) is 4.05. The molecule has 0 saturated carbocycles. The van der Waals surface area contributed by atoms with Crippen molar-refractivity contribution in [2.24, 2.45) is 0 Å². The molecule has 1 aromatic heterocycles. The molecule has 3 rings (SSSR count). The van der Waals surface area contributed by atoms with Crippen molar-refractivity contribution in [3.05, 3.63) is 94.8 Å². The predicted octanol–water partition coefficient (Wildman–Crippen LogP) is 5.03. The number of ether oxygens (including phenoxy) is 1. The SMILES string of the molecule is Cl.Clc1ccccc1COc1ccccc1CNCc1cccnc1. The number of pyridine rings is 1. The highest BCUT2D eigenvalue weighted by molar-refractivity contribution is 6.31. The number of hydrogen-bond acceptors (Lipinski definition) is 3. The van der Waals surface area contributed by atoms with Gasteiger partial charge in [0.05, 0.1) is 0 Å². The first-order chi connectivity index (χ1) is 11.8. The minimum atomic E-state index is 0. The largest absolute Gasteiger partial charge is 0.489 e. The van der Waals surface area contributed by atoms with Gasteiger partial charge in [0.15, 0.2) is 0 Å². The summed E-state index contributed by atoms with van der Waals surface area (Å²) in [7, 11) is 0. The minimum absolute atomic E-state index is 0. The number of nitrogens with one attached hydrogen (secondary N) is 1. The Kier molecular flexibility index (Phi) is 7.74. The molecular weight excluding hydrogens is 355 g/mol. The van der Waals surface area contributed by atoms with Crippen LogP contribution in [0.15, 0.2) is 73.1 Å². The number of nitrogens with zero attached hydrogens (tertiary/aromatic N) is 1. The van der Waals surface area contributed by atoms with E-state index in [0.29, 0.717) is 6.61 Å². The molecule has 0 unspecified atom stereocenters. The lowest BCUT2D eigenvalue weighted by molar-refractivity contribution is 0.302. The molecule has 130 valence electrons. The first-order valence-corrected chi connectivity index (χ1v) is 8.24. The van der Waals surface area contributed by atoms with Gasteiger partial charge in [-0.15, -0.1) is 12.4 Å². The lowest BCUT2D eigenvalue weighted by Crippen LogP contribution is -2.13. The van der Waals surface area contributed by atoms with Crippen LogP contribution in [0, 0.1) is 0 Å². The Morgan fingerprint density at radius 1 is 0.880 bits per heavy atom. The Morgan fingerprint density at radius 2 is 1.64 bits per heavy atom. The van der Waals surface area contributed by atoms with Gasteiger partial charge in [-0.05, 0) is 23.8 Å². The molecule has 3 aromatic rings. The van der Waals surface area contributed by atoms with Crippen LogP contribution in [0.3, 0.4) is 0 Å². The van der Waals surface area contributed by atoms with Crippen molar-refractivity contribution in [2.75, 3.05) is 0 Å². The van der Waals surface area contributed by atoms with E-state index in [1.54, 1.807) is 6.20 Å². The van der Waals surface area contributed by atoms with Crippen molar-refractivity contribution in [3.63, 3.8) is 0 Å². The third-order valence-electron chi connectivity index (χ3n) is 3.68. The molecule has 25 heavy (non-hydrogen) atoms. The fourth-order valence-electron chi connectivity index (χ4n) is 2.41. The van der Waals surface area contributed by atoms with Crippen molar-refractivity contribution in [3.8, 4) is 5.75 Å². The van der Waals surface area contributed by atoms with E-state index >= 15 is 0 Å². The highest BCUT2D eigenvalue weighted by Gasteiger charge is 2.05. The van der Waals surface area contributed by atoms with Crippen molar-refractivity contribution >= 4 is 24.0 Å². The molecule has 0 atom stereocenters. The minimum Gasteiger partial charge on any atom is -0.489 e. The molecule has 0 spiro atoms. The lowest BCUT2D eigenvalue weighted by atomic mass is 10.2. The number of hydrogen-bond donors (Lipinski definition) is 1. The van der Waals surface area contributed by atoms with Crippen molar-refractivity contribution in [2.45, 2.75) is 19.7 Å². The Balaban J connectivity index is 0.00000225. The summed E-state index contributed by atoms with van der Waals surface area (Å²) in [6, 6.07) is 19.8. The lowest BCUT2D eigenvalue weighted by Gasteiger charge is -2.13. The maximum Gasteiger partial charge on any atom is 0.124 e. The molecule has 0 amide bonds. The zero-order valence-corrected chi connectivity index (χ0v) is 15.3. The van der Waals surface area contributed by atoms with Crippen molar-refractivity contribution < 1.29 is 4.74 Å². The Hall–Kier alpha value is -2.07. The second kappa shape index (κ2) is 10.0. The van der Waals surface area contributed by atoms with Crippen molar-refractivity contribution in [1.82, 2.24) is 10.3 Å². The Labute approximate surface area is 159 Å². The molecule has 0 aliphatic rings. The standard InChI is InChI=1S/C20H19ClN2O.ClH/c21-19-9-3-1-8-18(19)15-24-20-10-4-2-7-17(20)14-23-13-16-6-5-11-22-12-16;/h1-12,23H,13-15H2;1H. The van der Waals surface area contributed by atoms with E-state index in [2.05, 4.69) is 22.4 Å². The summed E-state index contributed by atoms with van der Waals surface area (Å²) in [6.45, 7) is 1.96. The van der Waals surface area contributed by atoms with Crippen LogP contribution >= 0.6 is 24.0 Å². The predicted molar refractivity (Wildman–Crippen MR) is 104 cm³/mol. The van der Waals surface area contributed by atoms with Crippen LogP contribution < -0.4 is 10.1 Å². The highest BCUT2D eigenvalue weighted by atomic mass is 35.5. The molecule has 0 aliphatic carbocycles. The molecule has 1 N–H and O–H groups in total. The third kappa shape index (κ3) is 5.75. The van der Waals surface area contributed by atoms with Crippen LogP contribution in [0.5, 0.6) is 5.75 Å². The summed E-state index contributed by atoms with van der Waals surface area (Å²) >= 11 is 6.18. The van der Waals surface area contributed by atoms with E-state index in [1.807, 2.05) is 54.7 Å². The fourth-order valence-corrected chi connectivity index (χ4v) is 2.60. The van der Waals surface area contributed by atoms with E-state index in [4.69, 9.17) is 16.3 Å². The van der Waals surface area contributed by atoms with Crippen LogP contribution in [-0.4, -0.2) is 4.98 Å². The molecule has 0 bridgehead atoms. The average Bonchev–Trinajstić information content (AvgIpc) is 2.63. The Bertz CT molecular complexity index is 781. The van der Waals surface area contributed by atoms with Crippen LogP contribution in [0.1, 0.15) is 16.7 Å². The van der Waals surface area contributed by atoms with Gasteiger partial charge in [0.25, 0.3) is 0 Å². The van der Waals surface area contributed by atoms with E-state index in [0.717, 1.165) is 40.6 Å². The summed E-state index contributed by atoms with van der Waals surface area (Å²) in [4.78, 5) is 4.12. The summed E-state index contributed by atoms with van der Waals surface area (Å²) in [6.07, 6.45) is 3.65. The van der Waals surface area contributed by atoms with Gasteiger partial charge in [-0.1, -0.05) is 54.1 Å². The van der Waals surface area contributed by atoms with E-state index < -0.39 is 0 Å². The number of rotatable bonds is 7. The topological polar surface area (TPSA) is 34.1 Å². The first kappa shape index (κ1) is 19.3. The summed E-state index contributed by atoms with van der Waals surface area (Å²) in [5, 5.41) is 4.15. The molecule has 0 aliphatic heterocycles. The second-order valence-electron chi connectivity index (χ2n) is 5.45. The number of halogens is 2. The number of aromatic nitrogens is 1. The number of benzene rings is 2. The van der Waals surface area contributed by atoms with Gasteiger partial charge in [0.2, 0.25) is 0 Å². The maximum atomic E-state index is 6.18. The first-order valence-electron chi connectivity index (χ1n) is 7.86. The van der Waals surface area contributed by atoms with Gasteiger partial charge < -0.3 is 10.1 Å². The summed E-state index contributed by atoms with van der Waals surface area (Å²) in [5.74, 6) is 0.871. The molecule has 2 aromatic carbocycles. The van der Waals surface area contributed by atoms with Gasteiger partial charge in [-0.25, -0.2) is 0 Å². The van der Waals surface area contributed by atoms with Gasteiger partial charge in [-0.3, -0.25) is 4.98 Å². The molecule has 5 heteroatoms. The fraction of sp³-hybridized carbons (Fsp3) is 0.150. The van der Waals surface area contributed by atoms with Gasteiger partial charge in [0.1, 0.15) is 12.4 Å². The summed E-state index contributed by atoms with van der Waals surface area (Å²) < 4.78 is 5.97. The zero-order valence-electron chi connectivity index (χ0n) is 13.7. The normalized spacial score (nSPS) is 10.1. The molecule has 0 saturated heterocycles. The van der Waals surface area contributed by atoms with Crippen LogP contribution in [0.2, 0.25) is 5.02 Å². The smallest absolute Gasteiger partial charge is 0.124 e. The maximum absolute atomic E-state index is 6.18. The van der Waals surface area contributed by atoms with Crippen LogP contribution in [0.4, 0.5) is 0 Å². The second-order valence-corrected chi connectivity index (χ2v) is 5.86. The molecule has 3 nitrogen and oxygen atoms in total. The van der Waals surface area contributed by atoms with Gasteiger partial charge >= 0.3 is 0 Å².